The summed E-state index contributed by atoms with van der Waals surface area (Å²) in [7, 11) is 1.72. The van der Waals surface area contributed by atoms with Crippen LogP contribution < -0.4 is 10.1 Å². The van der Waals surface area contributed by atoms with Gasteiger partial charge in [-0.1, -0.05) is 19.1 Å². The molecule has 1 aromatic carbocycles. The third kappa shape index (κ3) is 4.31. The molecule has 0 saturated heterocycles. The number of aryl methyl sites for hydroxylation is 1. The average Bonchev–Trinajstić information content (AvgIpc) is 3.20. The first-order chi connectivity index (χ1) is 8.81. The second-order valence-electron chi connectivity index (χ2n) is 4.88. The highest BCUT2D eigenvalue weighted by Gasteiger charge is 2.22. The van der Waals surface area contributed by atoms with Gasteiger partial charge in [0.05, 0.1) is 6.61 Å². The molecular formula is C15H23NO2. The monoisotopic (exact) mass is 249 g/mol. The Morgan fingerprint density at radius 3 is 2.89 bits per heavy atom. The van der Waals surface area contributed by atoms with Gasteiger partial charge in [-0.15, -0.1) is 0 Å². The summed E-state index contributed by atoms with van der Waals surface area (Å²) in [6.07, 6.45) is 3.71. The molecule has 0 bridgehead atoms. The molecular weight excluding hydrogens is 226 g/mol. The summed E-state index contributed by atoms with van der Waals surface area (Å²) in [5.74, 6) is 0.939. The summed E-state index contributed by atoms with van der Waals surface area (Å²) in [5, 5.41) is 3.49. The fraction of sp³-hybridized carbons (Fsp3) is 0.600. The van der Waals surface area contributed by atoms with Crippen molar-refractivity contribution in [3.05, 3.63) is 29.8 Å². The second-order valence-corrected chi connectivity index (χ2v) is 4.88. The molecule has 3 heteroatoms. The third-order valence-corrected chi connectivity index (χ3v) is 3.17. The lowest BCUT2D eigenvalue weighted by Crippen LogP contribution is -2.35. The van der Waals surface area contributed by atoms with Crippen LogP contribution in [0.3, 0.4) is 0 Å². The smallest absolute Gasteiger partial charge is 0.134 e. The highest BCUT2D eigenvalue weighted by Crippen LogP contribution is 2.19. The average molecular weight is 249 g/mol. The summed E-state index contributed by atoms with van der Waals surface area (Å²) < 4.78 is 11.2. The molecule has 1 fully saturated rings. The zero-order valence-corrected chi connectivity index (χ0v) is 11.3. The van der Waals surface area contributed by atoms with Crippen LogP contribution in [-0.4, -0.2) is 32.4 Å². The molecule has 1 saturated carbocycles. The molecule has 1 unspecified atom stereocenters. The van der Waals surface area contributed by atoms with Gasteiger partial charge < -0.3 is 14.8 Å². The fourth-order valence-corrected chi connectivity index (χ4v) is 1.94. The van der Waals surface area contributed by atoms with E-state index in [0.717, 1.165) is 18.7 Å². The van der Waals surface area contributed by atoms with Gasteiger partial charge in [-0.2, -0.15) is 0 Å². The molecule has 0 aromatic heterocycles. The van der Waals surface area contributed by atoms with Crippen molar-refractivity contribution in [1.29, 1.82) is 0 Å². The quantitative estimate of drug-likeness (QED) is 0.767. The maximum Gasteiger partial charge on any atom is 0.134 e. The number of hydrogen-bond acceptors (Lipinski definition) is 3. The standard InChI is InChI=1S/C15H23NO2/c1-3-12-5-4-6-14(9-12)18-15(11-17-2)10-16-13-7-8-13/h4-6,9,13,15-16H,3,7-8,10-11H2,1-2H3. The van der Waals surface area contributed by atoms with Crippen LogP contribution in [0.5, 0.6) is 5.75 Å². The largest absolute Gasteiger partial charge is 0.487 e. The Morgan fingerprint density at radius 2 is 2.22 bits per heavy atom. The number of ether oxygens (including phenoxy) is 2. The van der Waals surface area contributed by atoms with E-state index in [-0.39, 0.29) is 6.10 Å². The molecule has 0 aliphatic heterocycles. The molecule has 1 aliphatic rings. The molecule has 0 radical (unpaired) electrons. The Morgan fingerprint density at radius 1 is 1.39 bits per heavy atom. The lowest BCUT2D eigenvalue weighted by Gasteiger charge is -2.19. The predicted octanol–water partition coefficient (Wildman–Crippen LogP) is 2.39. The van der Waals surface area contributed by atoms with Crippen LogP contribution in [0, 0.1) is 0 Å². The van der Waals surface area contributed by atoms with Crippen molar-refractivity contribution < 1.29 is 9.47 Å². The topological polar surface area (TPSA) is 30.5 Å². The van der Waals surface area contributed by atoms with E-state index >= 15 is 0 Å². The minimum absolute atomic E-state index is 0.0858. The Hall–Kier alpha value is -1.06. The number of rotatable bonds is 8. The van der Waals surface area contributed by atoms with E-state index in [0.29, 0.717) is 12.6 Å². The van der Waals surface area contributed by atoms with Crippen LogP contribution in [0.15, 0.2) is 24.3 Å². The maximum atomic E-state index is 5.99. The first kappa shape index (κ1) is 13.4. The van der Waals surface area contributed by atoms with Crippen LogP contribution in [0.1, 0.15) is 25.3 Å². The zero-order valence-electron chi connectivity index (χ0n) is 11.3. The molecule has 2 rings (SSSR count). The van der Waals surface area contributed by atoms with Crippen molar-refractivity contribution >= 4 is 0 Å². The highest BCUT2D eigenvalue weighted by atomic mass is 16.5. The van der Waals surface area contributed by atoms with Crippen LogP contribution in [0.4, 0.5) is 0 Å². The number of methoxy groups -OCH3 is 1. The second kappa shape index (κ2) is 6.76. The number of benzene rings is 1. The van der Waals surface area contributed by atoms with E-state index in [9.17, 15) is 0 Å². The van der Waals surface area contributed by atoms with Crippen molar-refractivity contribution in [2.75, 3.05) is 20.3 Å². The van der Waals surface area contributed by atoms with Crippen molar-refractivity contribution in [1.82, 2.24) is 5.32 Å². The molecule has 0 amide bonds. The van der Waals surface area contributed by atoms with Crippen molar-refractivity contribution in [3.63, 3.8) is 0 Å². The van der Waals surface area contributed by atoms with Gasteiger partial charge in [0, 0.05) is 19.7 Å². The van der Waals surface area contributed by atoms with Crippen LogP contribution in [0.2, 0.25) is 0 Å². The normalized spacial score (nSPS) is 16.6. The van der Waals surface area contributed by atoms with Gasteiger partial charge in [-0.25, -0.2) is 0 Å². The molecule has 0 spiro atoms. The first-order valence-electron chi connectivity index (χ1n) is 6.79. The molecule has 3 nitrogen and oxygen atoms in total. The summed E-state index contributed by atoms with van der Waals surface area (Å²) in [5.41, 5.74) is 1.30. The maximum absolute atomic E-state index is 5.99. The van der Waals surface area contributed by atoms with E-state index in [1.807, 2.05) is 12.1 Å². The minimum Gasteiger partial charge on any atom is -0.487 e. The van der Waals surface area contributed by atoms with Crippen molar-refractivity contribution in [2.45, 2.75) is 38.3 Å². The summed E-state index contributed by atoms with van der Waals surface area (Å²) in [6, 6.07) is 9.00. The van der Waals surface area contributed by atoms with E-state index in [2.05, 4.69) is 24.4 Å². The van der Waals surface area contributed by atoms with Gasteiger partial charge in [0.25, 0.3) is 0 Å². The lowest BCUT2D eigenvalue weighted by molar-refractivity contribution is 0.0803. The van der Waals surface area contributed by atoms with Gasteiger partial charge >= 0.3 is 0 Å². The van der Waals surface area contributed by atoms with Gasteiger partial charge in [0.15, 0.2) is 0 Å². The number of hydrogen-bond donors (Lipinski definition) is 1. The van der Waals surface area contributed by atoms with Gasteiger partial charge in [-0.3, -0.25) is 0 Å². The summed E-state index contributed by atoms with van der Waals surface area (Å²) in [4.78, 5) is 0. The van der Waals surface area contributed by atoms with E-state index in [1.165, 1.54) is 18.4 Å². The van der Waals surface area contributed by atoms with E-state index in [4.69, 9.17) is 9.47 Å². The van der Waals surface area contributed by atoms with Gasteiger partial charge in [-0.05, 0) is 37.0 Å². The van der Waals surface area contributed by atoms with Gasteiger partial charge in [0.1, 0.15) is 11.9 Å². The SMILES string of the molecule is CCc1cccc(OC(CNC2CC2)COC)c1. The van der Waals surface area contributed by atoms with Gasteiger partial charge in [0.2, 0.25) is 0 Å². The predicted molar refractivity (Wildman–Crippen MR) is 73.1 cm³/mol. The van der Waals surface area contributed by atoms with E-state index in [1.54, 1.807) is 7.11 Å². The molecule has 1 aliphatic carbocycles. The molecule has 0 heterocycles. The number of nitrogens with one attached hydrogen (secondary N) is 1. The fourth-order valence-electron chi connectivity index (χ4n) is 1.94. The van der Waals surface area contributed by atoms with Crippen LogP contribution in [0.25, 0.3) is 0 Å². The Labute approximate surface area is 109 Å². The Balaban J connectivity index is 1.88. The van der Waals surface area contributed by atoms with Crippen molar-refractivity contribution in [2.24, 2.45) is 0 Å². The molecule has 1 atom stereocenters. The molecule has 100 valence electrons. The molecule has 1 aromatic rings. The minimum atomic E-state index is 0.0858. The summed E-state index contributed by atoms with van der Waals surface area (Å²) in [6.45, 7) is 3.63. The van der Waals surface area contributed by atoms with E-state index < -0.39 is 0 Å². The van der Waals surface area contributed by atoms with Crippen LogP contribution in [-0.2, 0) is 11.2 Å². The van der Waals surface area contributed by atoms with Crippen LogP contribution >= 0.6 is 0 Å². The summed E-state index contributed by atoms with van der Waals surface area (Å²) >= 11 is 0. The Bertz CT molecular complexity index is 363. The lowest BCUT2D eigenvalue weighted by atomic mass is 10.2. The highest BCUT2D eigenvalue weighted by molar-refractivity contribution is 5.28. The molecule has 18 heavy (non-hydrogen) atoms. The zero-order chi connectivity index (χ0) is 12.8. The first-order valence-corrected chi connectivity index (χ1v) is 6.79. The molecule has 1 N–H and O–H groups in total. The Kier molecular flexibility index (Phi) is 5.02. The van der Waals surface area contributed by atoms with Crippen molar-refractivity contribution in [3.8, 4) is 5.75 Å². The third-order valence-electron chi connectivity index (χ3n) is 3.17.